The fourth-order valence-corrected chi connectivity index (χ4v) is 4.56. The maximum Gasteiger partial charge on any atom is 0.243 e. The first-order valence-corrected chi connectivity index (χ1v) is 9.34. The number of nitrogens with two attached hydrogens (primary N) is 1. The van der Waals surface area contributed by atoms with Crippen LogP contribution in [0.2, 0.25) is 0 Å². The molecule has 1 aliphatic heterocycles. The molecule has 0 aliphatic carbocycles. The predicted molar refractivity (Wildman–Crippen MR) is 92.4 cm³/mol. The summed E-state index contributed by atoms with van der Waals surface area (Å²) in [6.07, 6.45) is 0.707. The van der Waals surface area contributed by atoms with Crippen molar-refractivity contribution in [3.05, 3.63) is 54.6 Å². The molecule has 4 nitrogen and oxygen atoms in total. The molecule has 0 spiro atoms. The molecule has 2 unspecified atom stereocenters. The molecule has 0 radical (unpaired) electrons. The molecule has 1 saturated heterocycles. The van der Waals surface area contributed by atoms with Crippen LogP contribution in [0.1, 0.15) is 13.3 Å². The molecular formula is C18H22N2O2S. The van der Waals surface area contributed by atoms with Crippen LogP contribution in [0.25, 0.3) is 11.1 Å². The third-order valence-corrected chi connectivity index (χ3v) is 6.37. The lowest BCUT2D eigenvalue weighted by atomic mass is 9.96. The second-order valence-corrected chi connectivity index (χ2v) is 8.12. The van der Waals surface area contributed by atoms with Crippen molar-refractivity contribution in [1.82, 2.24) is 4.31 Å². The molecule has 0 amide bonds. The Morgan fingerprint density at radius 2 is 1.74 bits per heavy atom. The van der Waals surface area contributed by atoms with E-state index in [1.807, 2.05) is 43.3 Å². The van der Waals surface area contributed by atoms with Crippen LogP contribution in [0, 0.1) is 5.92 Å². The first-order chi connectivity index (χ1) is 11.0. The van der Waals surface area contributed by atoms with Gasteiger partial charge in [-0.15, -0.1) is 0 Å². The van der Waals surface area contributed by atoms with Crippen molar-refractivity contribution < 1.29 is 8.42 Å². The van der Waals surface area contributed by atoms with Gasteiger partial charge < -0.3 is 5.73 Å². The van der Waals surface area contributed by atoms with Gasteiger partial charge in [0, 0.05) is 19.1 Å². The minimum Gasteiger partial charge on any atom is -0.327 e. The molecule has 0 saturated carbocycles. The molecule has 2 aromatic carbocycles. The summed E-state index contributed by atoms with van der Waals surface area (Å²) in [5, 5.41) is 0. The molecule has 23 heavy (non-hydrogen) atoms. The van der Waals surface area contributed by atoms with Gasteiger partial charge in [0.15, 0.2) is 0 Å². The molecule has 122 valence electrons. The topological polar surface area (TPSA) is 63.4 Å². The minimum atomic E-state index is -3.47. The van der Waals surface area contributed by atoms with E-state index in [9.17, 15) is 8.42 Å². The fourth-order valence-electron chi connectivity index (χ4n) is 2.96. The lowest BCUT2D eigenvalue weighted by molar-refractivity contribution is 0.250. The van der Waals surface area contributed by atoms with Gasteiger partial charge in [-0.1, -0.05) is 49.4 Å². The average Bonchev–Trinajstić information content (AvgIpc) is 2.58. The van der Waals surface area contributed by atoms with Crippen molar-refractivity contribution in [3.63, 3.8) is 0 Å². The minimum absolute atomic E-state index is 0.0807. The van der Waals surface area contributed by atoms with Crippen LogP contribution in [-0.2, 0) is 10.0 Å². The molecule has 3 rings (SSSR count). The van der Waals surface area contributed by atoms with E-state index in [0.717, 1.165) is 11.1 Å². The maximum atomic E-state index is 12.9. The Morgan fingerprint density at radius 3 is 2.43 bits per heavy atom. The summed E-state index contributed by atoms with van der Waals surface area (Å²) in [4.78, 5) is 0.349. The van der Waals surface area contributed by atoms with E-state index in [1.54, 1.807) is 22.5 Å². The average molecular weight is 330 g/mol. The summed E-state index contributed by atoms with van der Waals surface area (Å²) in [6.45, 7) is 2.98. The van der Waals surface area contributed by atoms with Crippen molar-refractivity contribution in [1.29, 1.82) is 0 Å². The summed E-state index contributed by atoms with van der Waals surface area (Å²) < 4.78 is 27.4. The normalized spacial score (nSPS) is 22.9. The van der Waals surface area contributed by atoms with Gasteiger partial charge in [0.05, 0.1) is 4.90 Å². The van der Waals surface area contributed by atoms with Crippen LogP contribution in [-0.4, -0.2) is 31.9 Å². The standard InChI is InChI=1S/C18H22N2O2S/c1-14-13-20(11-10-18(14)19)23(21,22)17-9-5-8-16(12-17)15-6-3-2-4-7-15/h2-9,12,14,18H,10-11,13,19H2,1H3. The highest BCUT2D eigenvalue weighted by Gasteiger charge is 2.32. The summed E-state index contributed by atoms with van der Waals surface area (Å²) >= 11 is 0. The van der Waals surface area contributed by atoms with E-state index in [-0.39, 0.29) is 12.0 Å². The van der Waals surface area contributed by atoms with E-state index < -0.39 is 10.0 Å². The van der Waals surface area contributed by atoms with Crippen molar-refractivity contribution in [2.75, 3.05) is 13.1 Å². The number of rotatable bonds is 3. The van der Waals surface area contributed by atoms with Gasteiger partial charge in [0.2, 0.25) is 10.0 Å². The molecule has 2 atom stereocenters. The Morgan fingerprint density at radius 1 is 1.04 bits per heavy atom. The maximum absolute atomic E-state index is 12.9. The van der Waals surface area contributed by atoms with E-state index >= 15 is 0 Å². The van der Waals surface area contributed by atoms with E-state index in [1.165, 1.54) is 0 Å². The van der Waals surface area contributed by atoms with Crippen molar-refractivity contribution in [3.8, 4) is 11.1 Å². The largest absolute Gasteiger partial charge is 0.327 e. The number of benzene rings is 2. The Kier molecular flexibility index (Phi) is 4.53. The number of hydrogen-bond donors (Lipinski definition) is 1. The first kappa shape index (κ1) is 16.2. The van der Waals surface area contributed by atoms with Crippen molar-refractivity contribution >= 4 is 10.0 Å². The zero-order chi connectivity index (χ0) is 16.4. The van der Waals surface area contributed by atoms with Crippen molar-refractivity contribution in [2.45, 2.75) is 24.3 Å². The summed E-state index contributed by atoms with van der Waals surface area (Å²) in [7, 11) is -3.47. The number of sulfonamides is 1. The zero-order valence-electron chi connectivity index (χ0n) is 13.2. The van der Waals surface area contributed by atoms with E-state index in [4.69, 9.17) is 5.73 Å². The predicted octanol–water partition coefficient (Wildman–Crippen LogP) is 2.71. The van der Waals surface area contributed by atoms with Crippen LogP contribution >= 0.6 is 0 Å². The van der Waals surface area contributed by atoms with Gasteiger partial charge in [-0.3, -0.25) is 0 Å². The van der Waals surface area contributed by atoms with Crippen LogP contribution in [0.4, 0.5) is 0 Å². The number of piperidine rings is 1. The first-order valence-electron chi connectivity index (χ1n) is 7.90. The van der Waals surface area contributed by atoms with Gasteiger partial charge in [0.1, 0.15) is 0 Å². The molecule has 1 fully saturated rings. The van der Waals surface area contributed by atoms with Gasteiger partial charge in [-0.25, -0.2) is 8.42 Å². The van der Waals surface area contributed by atoms with Crippen LogP contribution in [0.5, 0.6) is 0 Å². The molecule has 5 heteroatoms. The molecule has 2 N–H and O–H groups in total. The lowest BCUT2D eigenvalue weighted by Gasteiger charge is -2.34. The zero-order valence-corrected chi connectivity index (χ0v) is 14.0. The third-order valence-electron chi connectivity index (χ3n) is 4.51. The molecule has 1 heterocycles. The second-order valence-electron chi connectivity index (χ2n) is 6.19. The molecular weight excluding hydrogens is 308 g/mol. The Balaban J connectivity index is 1.92. The van der Waals surface area contributed by atoms with Crippen LogP contribution in [0.15, 0.2) is 59.5 Å². The third kappa shape index (κ3) is 3.32. The summed E-state index contributed by atoms with van der Waals surface area (Å²) in [6, 6.07) is 17.0. The lowest BCUT2D eigenvalue weighted by Crippen LogP contribution is -2.48. The molecule has 1 aliphatic rings. The van der Waals surface area contributed by atoms with Gasteiger partial charge in [0.25, 0.3) is 0 Å². The monoisotopic (exact) mass is 330 g/mol. The van der Waals surface area contributed by atoms with Crippen molar-refractivity contribution in [2.24, 2.45) is 11.7 Å². The SMILES string of the molecule is CC1CN(S(=O)(=O)c2cccc(-c3ccccc3)c2)CCC1N. The second kappa shape index (κ2) is 6.43. The van der Waals surface area contributed by atoms with Gasteiger partial charge >= 0.3 is 0 Å². The summed E-state index contributed by atoms with van der Waals surface area (Å²) in [5.41, 5.74) is 7.92. The number of hydrogen-bond acceptors (Lipinski definition) is 3. The fraction of sp³-hybridized carbons (Fsp3) is 0.333. The Hall–Kier alpha value is -1.69. The highest BCUT2D eigenvalue weighted by Crippen LogP contribution is 2.26. The Bertz CT molecular complexity index is 775. The van der Waals surface area contributed by atoms with Crippen LogP contribution in [0.3, 0.4) is 0 Å². The summed E-state index contributed by atoms with van der Waals surface area (Å²) in [5.74, 6) is 0.177. The Labute approximate surface area is 138 Å². The molecule has 0 aromatic heterocycles. The van der Waals surface area contributed by atoms with Gasteiger partial charge in [-0.05, 0) is 35.6 Å². The van der Waals surface area contributed by atoms with E-state index in [0.29, 0.717) is 24.4 Å². The quantitative estimate of drug-likeness (QED) is 0.941. The molecule has 2 aromatic rings. The highest BCUT2D eigenvalue weighted by atomic mass is 32.2. The molecule has 0 bridgehead atoms. The van der Waals surface area contributed by atoms with Crippen LogP contribution < -0.4 is 5.73 Å². The van der Waals surface area contributed by atoms with E-state index in [2.05, 4.69) is 0 Å². The van der Waals surface area contributed by atoms with Gasteiger partial charge in [-0.2, -0.15) is 4.31 Å². The smallest absolute Gasteiger partial charge is 0.243 e. The highest BCUT2D eigenvalue weighted by molar-refractivity contribution is 7.89. The number of nitrogens with zero attached hydrogens (tertiary/aromatic N) is 1.